The van der Waals surface area contributed by atoms with E-state index in [-0.39, 0.29) is 67.5 Å². The molecule has 3 aliphatic rings. The van der Waals surface area contributed by atoms with Gasteiger partial charge < -0.3 is 15.7 Å². The molecule has 0 radical (unpaired) electrons. The zero-order chi connectivity index (χ0) is 37.5. The predicted molar refractivity (Wildman–Crippen MR) is 200 cm³/mol. The second-order valence-electron chi connectivity index (χ2n) is 14.5. The van der Waals surface area contributed by atoms with Gasteiger partial charge in [-0.2, -0.15) is 16.8 Å². The summed E-state index contributed by atoms with van der Waals surface area (Å²) in [5.41, 5.74) is 3.48. The molecule has 0 saturated heterocycles. The lowest BCUT2D eigenvalue weighted by Gasteiger charge is -2.36. The van der Waals surface area contributed by atoms with Crippen molar-refractivity contribution in [1.29, 1.82) is 0 Å². The topological polar surface area (TPSA) is 187 Å². The zero-order valence-corrected chi connectivity index (χ0v) is 30.6. The molecule has 4 aromatic carbocycles. The first-order valence-electron chi connectivity index (χ1n) is 18.0. The molecule has 278 valence electrons. The minimum atomic E-state index is -4.30. The maximum atomic E-state index is 14.4. The molecule has 2 saturated carbocycles. The van der Waals surface area contributed by atoms with Gasteiger partial charge in [-0.3, -0.25) is 18.7 Å². The Balaban J connectivity index is 1.20. The molecule has 0 aromatic heterocycles. The molecule has 53 heavy (non-hydrogen) atoms. The fraction of sp³-hybridized carbons (Fsp3) is 0.350. The molecular formula is C40H42N2O9S2. The minimum Gasteiger partial charge on any atom is -0.507 e. The van der Waals surface area contributed by atoms with Crippen molar-refractivity contribution in [2.45, 2.75) is 86.1 Å². The molecule has 5 N–H and O–H groups in total. The number of hydrogen-bond donors (Lipinski definition) is 5. The Kier molecular flexibility index (Phi) is 10.2. The highest BCUT2D eigenvalue weighted by atomic mass is 32.2. The molecule has 4 atom stereocenters. The summed E-state index contributed by atoms with van der Waals surface area (Å²) in [4.78, 5) is 28.4. The van der Waals surface area contributed by atoms with Crippen LogP contribution in [0.3, 0.4) is 0 Å². The third-order valence-electron chi connectivity index (χ3n) is 11.1. The normalized spacial score (nSPS) is 21.8. The van der Waals surface area contributed by atoms with Crippen molar-refractivity contribution in [1.82, 2.24) is 0 Å². The molecular weight excluding hydrogens is 717 g/mol. The second-order valence-corrected chi connectivity index (χ2v) is 17.3. The summed E-state index contributed by atoms with van der Waals surface area (Å²) in [5, 5.41) is 18.1. The number of aromatic hydroxyl groups is 1. The second kappa shape index (κ2) is 14.7. The van der Waals surface area contributed by atoms with Crippen LogP contribution in [-0.4, -0.2) is 54.7 Å². The summed E-state index contributed by atoms with van der Waals surface area (Å²) < 4.78 is 65.1. The van der Waals surface area contributed by atoms with Gasteiger partial charge in [-0.05, 0) is 104 Å². The number of phenolic OH excluding ortho intramolecular Hbond substituents is 1. The largest absolute Gasteiger partial charge is 0.507 e. The van der Waals surface area contributed by atoms with Crippen molar-refractivity contribution in [2.75, 3.05) is 10.6 Å². The first-order valence-corrected chi connectivity index (χ1v) is 20.9. The summed E-state index contributed by atoms with van der Waals surface area (Å²) in [5.74, 6) is -0.769. The van der Waals surface area contributed by atoms with Crippen LogP contribution in [0, 0.1) is 11.8 Å². The number of rotatable bonds is 10. The number of anilines is 2. The van der Waals surface area contributed by atoms with Crippen molar-refractivity contribution < 1.29 is 40.6 Å². The van der Waals surface area contributed by atoms with Crippen molar-refractivity contribution in [3.63, 3.8) is 0 Å². The van der Waals surface area contributed by atoms with Crippen LogP contribution in [0.4, 0.5) is 11.4 Å². The van der Waals surface area contributed by atoms with Gasteiger partial charge in [0.25, 0.3) is 20.2 Å². The highest BCUT2D eigenvalue weighted by Gasteiger charge is 2.38. The summed E-state index contributed by atoms with van der Waals surface area (Å²) in [6, 6.07) is 20.5. The Bertz CT molecular complexity index is 2270. The van der Waals surface area contributed by atoms with Crippen molar-refractivity contribution in [2.24, 2.45) is 11.8 Å². The standard InChI is InChI=1S/C40H42N2O9S2/c43-35-11-5-8-30-36(35)40(45)38-34(42-32-10-4-2-7-27(32)23-25-14-18-29(19-15-25)53(49,50)51)21-20-33(37(38)39(30)44)41-31-9-3-1-6-26(31)22-24-12-16-28(17-13-24)52(46,47)48/h5,8,11-21,26-27,31-32,41-43H,1-4,6-7,9-10,22-23H2,(H,46,47,48)(H,49,50,51). The van der Waals surface area contributed by atoms with Crippen molar-refractivity contribution >= 4 is 43.2 Å². The Morgan fingerprint density at radius 2 is 0.981 bits per heavy atom. The van der Waals surface area contributed by atoms with E-state index >= 15 is 0 Å². The van der Waals surface area contributed by atoms with E-state index in [1.54, 1.807) is 36.4 Å². The third kappa shape index (κ3) is 7.75. The van der Waals surface area contributed by atoms with Gasteiger partial charge in [0.2, 0.25) is 0 Å². The summed E-state index contributed by atoms with van der Waals surface area (Å²) in [6.07, 6.45) is 8.72. The lowest BCUT2D eigenvalue weighted by Crippen LogP contribution is -2.36. The molecule has 0 heterocycles. The predicted octanol–water partition coefficient (Wildman–Crippen LogP) is 7.09. The van der Waals surface area contributed by atoms with E-state index in [2.05, 4.69) is 10.6 Å². The first-order chi connectivity index (χ1) is 25.3. The van der Waals surface area contributed by atoms with Crippen LogP contribution in [0.2, 0.25) is 0 Å². The number of hydrogen-bond acceptors (Lipinski definition) is 9. The molecule has 13 heteroatoms. The smallest absolute Gasteiger partial charge is 0.294 e. The maximum absolute atomic E-state index is 14.4. The van der Waals surface area contributed by atoms with Gasteiger partial charge in [-0.25, -0.2) is 0 Å². The van der Waals surface area contributed by atoms with Crippen LogP contribution < -0.4 is 10.6 Å². The zero-order valence-electron chi connectivity index (χ0n) is 29.0. The Morgan fingerprint density at radius 1 is 0.547 bits per heavy atom. The van der Waals surface area contributed by atoms with E-state index in [4.69, 9.17) is 0 Å². The van der Waals surface area contributed by atoms with E-state index in [1.807, 2.05) is 12.1 Å². The fourth-order valence-corrected chi connectivity index (χ4v) is 9.39. The number of fused-ring (bicyclic) bond motifs is 2. The average Bonchev–Trinajstić information content (AvgIpc) is 3.12. The van der Waals surface area contributed by atoms with E-state index in [9.17, 15) is 40.6 Å². The highest BCUT2D eigenvalue weighted by Crippen LogP contribution is 2.42. The van der Waals surface area contributed by atoms with Crippen molar-refractivity contribution in [3.05, 3.63) is 112 Å². The van der Waals surface area contributed by atoms with E-state index in [1.165, 1.54) is 30.3 Å². The van der Waals surface area contributed by atoms with Crippen LogP contribution in [-0.2, 0) is 33.1 Å². The molecule has 0 spiro atoms. The van der Waals surface area contributed by atoms with Gasteiger partial charge in [0.15, 0.2) is 11.6 Å². The summed E-state index contributed by atoms with van der Waals surface area (Å²) in [7, 11) is -8.61. The van der Waals surface area contributed by atoms with Crippen LogP contribution in [0.25, 0.3) is 0 Å². The van der Waals surface area contributed by atoms with Gasteiger partial charge >= 0.3 is 0 Å². The Morgan fingerprint density at radius 3 is 1.43 bits per heavy atom. The molecule has 2 fully saturated rings. The number of carbonyl (C=O) groups excluding carboxylic acids is 2. The third-order valence-corrected chi connectivity index (χ3v) is 12.8. The average molecular weight is 759 g/mol. The molecule has 3 aliphatic carbocycles. The number of benzene rings is 4. The molecule has 11 nitrogen and oxygen atoms in total. The van der Waals surface area contributed by atoms with Crippen LogP contribution in [0.5, 0.6) is 5.75 Å². The molecule has 7 rings (SSSR count). The maximum Gasteiger partial charge on any atom is 0.294 e. The molecule has 0 bridgehead atoms. The van der Waals surface area contributed by atoms with Gasteiger partial charge in [-0.1, -0.05) is 62.1 Å². The van der Waals surface area contributed by atoms with Crippen LogP contribution in [0.1, 0.15) is 94.3 Å². The van der Waals surface area contributed by atoms with Crippen LogP contribution in [0.15, 0.2) is 88.7 Å². The molecule has 0 amide bonds. The van der Waals surface area contributed by atoms with Gasteiger partial charge in [0.1, 0.15) is 5.75 Å². The molecule has 4 unspecified atom stereocenters. The quantitative estimate of drug-likeness (QED) is 0.0916. The van der Waals surface area contributed by atoms with Gasteiger partial charge in [-0.15, -0.1) is 0 Å². The van der Waals surface area contributed by atoms with Crippen LogP contribution >= 0.6 is 0 Å². The lowest BCUT2D eigenvalue weighted by atomic mass is 9.78. The Hall–Kier alpha value is -4.56. The first kappa shape index (κ1) is 36.8. The Labute approximate surface area is 309 Å². The SMILES string of the molecule is O=C1c2cccc(O)c2C(=O)c2c(NC3CCCCC3Cc3ccc(S(=O)(=O)O)cc3)ccc(NC3CCCCC3Cc3ccc(S(=O)(=O)O)cc3)c21. The monoisotopic (exact) mass is 758 g/mol. The fourth-order valence-electron chi connectivity index (χ4n) is 8.43. The summed E-state index contributed by atoms with van der Waals surface area (Å²) in [6.45, 7) is 0. The lowest BCUT2D eigenvalue weighted by molar-refractivity contribution is 0.0977. The number of ketones is 2. The number of carbonyl (C=O) groups is 2. The van der Waals surface area contributed by atoms with Gasteiger partial charge in [0.05, 0.1) is 26.5 Å². The number of phenols is 1. The van der Waals surface area contributed by atoms with Crippen molar-refractivity contribution in [3.8, 4) is 5.75 Å². The van der Waals surface area contributed by atoms with E-state index < -0.39 is 26.0 Å². The molecule has 0 aliphatic heterocycles. The van der Waals surface area contributed by atoms with E-state index in [0.717, 1.165) is 62.5 Å². The van der Waals surface area contributed by atoms with Gasteiger partial charge in [0, 0.05) is 29.0 Å². The number of nitrogens with one attached hydrogen (secondary N) is 2. The molecule has 4 aromatic rings. The minimum absolute atomic E-state index is 0.0202. The highest BCUT2D eigenvalue weighted by molar-refractivity contribution is 7.86. The van der Waals surface area contributed by atoms with E-state index in [0.29, 0.717) is 24.2 Å². The summed E-state index contributed by atoms with van der Waals surface area (Å²) >= 11 is 0.